The number of rotatable bonds is 6. The van der Waals surface area contributed by atoms with Crippen LogP contribution in [0.3, 0.4) is 0 Å². The lowest BCUT2D eigenvalue weighted by Gasteiger charge is -2.08. The number of amides is 1. The third-order valence-corrected chi connectivity index (χ3v) is 4.53. The maximum atomic E-state index is 11.6. The summed E-state index contributed by atoms with van der Waals surface area (Å²) in [6.07, 6.45) is 2.22. The molecule has 0 spiro atoms. The van der Waals surface area contributed by atoms with Crippen LogP contribution in [-0.4, -0.2) is 44.2 Å². The Balaban J connectivity index is 2.45. The molecular formula is C10H14N2O4S2. The summed E-state index contributed by atoms with van der Waals surface area (Å²) in [5.74, 6) is -1.55. The van der Waals surface area contributed by atoms with Crippen LogP contribution in [0.25, 0.3) is 0 Å². The Bertz CT molecular complexity index is 472. The summed E-state index contributed by atoms with van der Waals surface area (Å²) >= 11 is 0.987. The van der Waals surface area contributed by atoms with Gasteiger partial charge in [-0.15, -0.1) is 11.3 Å². The van der Waals surface area contributed by atoms with Gasteiger partial charge in [-0.25, -0.2) is 9.78 Å². The lowest BCUT2D eigenvalue weighted by Crippen LogP contribution is -2.27. The largest absolute Gasteiger partial charge is 0.476 e. The van der Waals surface area contributed by atoms with Crippen molar-refractivity contribution in [2.75, 3.05) is 12.8 Å². The number of hydrogen-bond acceptors (Lipinski definition) is 5. The standard InChI is InChI=1S/C10H14N2O4S2/c1-6(18(2)16)3-4-11-8(13)9-12-7(5-17-9)10(14)15/h5-6H,3-4H2,1-2H3,(H,11,13)(H,14,15). The molecule has 2 unspecified atom stereocenters. The van der Waals surface area contributed by atoms with Crippen LogP contribution < -0.4 is 5.32 Å². The van der Waals surface area contributed by atoms with Gasteiger partial charge in [-0.2, -0.15) is 0 Å². The molecule has 0 aliphatic carbocycles. The molecule has 1 rings (SSSR count). The van der Waals surface area contributed by atoms with Crippen LogP contribution >= 0.6 is 11.3 Å². The van der Waals surface area contributed by atoms with Crippen molar-refractivity contribution in [2.45, 2.75) is 18.6 Å². The zero-order valence-electron chi connectivity index (χ0n) is 10.0. The lowest BCUT2D eigenvalue weighted by molar-refractivity contribution is 0.0691. The summed E-state index contributed by atoms with van der Waals surface area (Å²) in [6.45, 7) is 2.23. The number of carboxylic acids is 1. The predicted octanol–water partition coefficient (Wildman–Crippen LogP) is 0.728. The van der Waals surface area contributed by atoms with Crippen molar-refractivity contribution in [3.63, 3.8) is 0 Å². The van der Waals surface area contributed by atoms with Crippen LogP contribution in [0.4, 0.5) is 0 Å². The molecule has 2 N–H and O–H groups in total. The van der Waals surface area contributed by atoms with Gasteiger partial charge >= 0.3 is 5.97 Å². The van der Waals surface area contributed by atoms with Crippen LogP contribution in [0.2, 0.25) is 0 Å². The molecule has 1 amide bonds. The zero-order chi connectivity index (χ0) is 13.7. The van der Waals surface area contributed by atoms with Crippen molar-refractivity contribution in [3.05, 3.63) is 16.1 Å². The molecule has 8 heteroatoms. The fraction of sp³-hybridized carbons (Fsp3) is 0.500. The van der Waals surface area contributed by atoms with Crippen LogP contribution in [0.5, 0.6) is 0 Å². The molecule has 1 heterocycles. The van der Waals surface area contributed by atoms with Crippen molar-refractivity contribution in [1.82, 2.24) is 10.3 Å². The van der Waals surface area contributed by atoms with E-state index in [-0.39, 0.29) is 16.0 Å². The van der Waals surface area contributed by atoms with Crippen molar-refractivity contribution in [1.29, 1.82) is 0 Å². The number of thiazole rings is 1. The van der Waals surface area contributed by atoms with Crippen LogP contribution in [0.15, 0.2) is 5.38 Å². The Labute approximate surface area is 111 Å². The highest BCUT2D eigenvalue weighted by atomic mass is 32.2. The minimum Gasteiger partial charge on any atom is -0.476 e. The van der Waals surface area contributed by atoms with E-state index in [0.717, 1.165) is 11.3 Å². The van der Waals surface area contributed by atoms with Gasteiger partial charge in [0.15, 0.2) is 10.7 Å². The molecule has 0 fully saturated rings. The Morgan fingerprint density at radius 2 is 2.28 bits per heavy atom. The summed E-state index contributed by atoms with van der Waals surface area (Å²) in [4.78, 5) is 25.9. The van der Waals surface area contributed by atoms with Crippen LogP contribution in [0.1, 0.15) is 33.6 Å². The molecule has 0 aliphatic heterocycles. The molecule has 0 radical (unpaired) electrons. The highest BCUT2D eigenvalue weighted by molar-refractivity contribution is 7.84. The van der Waals surface area contributed by atoms with E-state index in [1.54, 1.807) is 6.26 Å². The average Bonchev–Trinajstić information content (AvgIpc) is 2.77. The molecule has 18 heavy (non-hydrogen) atoms. The minimum absolute atomic E-state index is 0.0103. The zero-order valence-corrected chi connectivity index (χ0v) is 11.6. The summed E-state index contributed by atoms with van der Waals surface area (Å²) < 4.78 is 11.1. The maximum absolute atomic E-state index is 11.6. The second kappa shape index (κ2) is 6.60. The first-order valence-electron chi connectivity index (χ1n) is 5.21. The van der Waals surface area contributed by atoms with Gasteiger partial charge in [0.1, 0.15) is 0 Å². The molecule has 0 aromatic carbocycles. The summed E-state index contributed by atoms with van der Waals surface area (Å²) in [6, 6.07) is 0. The third-order valence-electron chi connectivity index (χ3n) is 2.32. The number of carbonyl (C=O) groups is 2. The molecule has 6 nitrogen and oxygen atoms in total. The first-order valence-corrected chi connectivity index (χ1v) is 7.71. The van der Waals surface area contributed by atoms with Gasteiger partial charge in [-0.3, -0.25) is 9.00 Å². The first kappa shape index (κ1) is 14.8. The smallest absolute Gasteiger partial charge is 0.355 e. The molecule has 0 saturated carbocycles. The van der Waals surface area contributed by atoms with Crippen molar-refractivity contribution in [3.8, 4) is 0 Å². The van der Waals surface area contributed by atoms with E-state index in [0.29, 0.717) is 13.0 Å². The number of nitrogens with one attached hydrogen (secondary N) is 1. The quantitative estimate of drug-likeness (QED) is 0.805. The fourth-order valence-corrected chi connectivity index (χ4v) is 2.26. The van der Waals surface area contributed by atoms with E-state index < -0.39 is 22.7 Å². The van der Waals surface area contributed by atoms with Crippen molar-refractivity contribution < 1.29 is 18.9 Å². The summed E-state index contributed by atoms with van der Waals surface area (Å²) in [7, 11) is -0.914. The van der Waals surface area contributed by atoms with Gasteiger partial charge in [-0.05, 0) is 6.42 Å². The number of aromatic carboxylic acids is 1. The minimum atomic E-state index is -1.15. The lowest BCUT2D eigenvalue weighted by atomic mass is 10.3. The second-order valence-electron chi connectivity index (χ2n) is 3.70. The molecule has 0 saturated heterocycles. The predicted molar refractivity (Wildman–Crippen MR) is 69.6 cm³/mol. The van der Waals surface area contributed by atoms with Gasteiger partial charge < -0.3 is 10.4 Å². The molecule has 1 aromatic rings. The number of carboxylic acid groups (broad SMARTS) is 1. The van der Waals surface area contributed by atoms with E-state index in [9.17, 15) is 13.8 Å². The van der Waals surface area contributed by atoms with Crippen molar-refractivity contribution in [2.24, 2.45) is 0 Å². The number of aromatic nitrogens is 1. The van der Waals surface area contributed by atoms with E-state index in [2.05, 4.69) is 10.3 Å². The average molecular weight is 290 g/mol. The third kappa shape index (κ3) is 4.19. The van der Waals surface area contributed by atoms with E-state index in [4.69, 9.17) is 5.11 Å². The summed E-state index contributed by atoms with van der Waals surface area (Å²) in [5, 5.41) is 12.7. The van der Waals surface area contributed by atoms with Gasteiger partial charge in [0.2, 0.25) is 0 Å². The molecule has 0 aliphatic rings. The SMILES string of the molecule is CC(CCNC(=O)c1nc(C(=O)O)cs1)S(C)=O. The van der Waals surface area contributed by atoms with Gasteiger partial charge in [-0.1, -0.05) is 6.92 Å². The Kier molecular flexibility index (Phi) is 5.42. The van der Waals surface area contributed by atoms with Crippen molar-refractivity contribution >= 4 is 34.0 Å². The van der Waals surface area contributed by atoms with Gasteiger partial charge in [0.05, 0.1) is 0 Å². The Hall–Kier alpha value is -1.28. The second-order valence-corrected chi connectivity index (χ2v) is 6.36. The highest BCUT2D eigenvalue weighted by Gasteiger charge is 2.14. The van der Waals surface area contributed by atoms with E-state index >= 15 is 0 Å². The Morgan fingerprint density at radius 3 is 2.78 bits per heavy atom. The monoisotopic (exact) mass is 290 g/mol. The first-order chi connectivity index (χ1) is 8.41. The topological polar surface area (TPSA) is 96.4 Å². The molecule has 100 valence electrons. The molecule has 0 bridgehead atoms. The van der Waals surface area contributed by atoms with Gasteiger partial charge in [0, 0.05) is 34.2 Å². The number of nitrogens with zero attached hydrogens (tertiary/aromatic N) is 1. The number of hydrogen-bond donors (Lipinski definition) is 2. The van der Waals surface area contributed by atoms with Crippen LogP contribution in [0, 0.1) is 0 Å². The normalized spacial score (nSPS) is 13.9. The maximum Gasteiger partial charge on any atom is 0.355 e. The van der Waals surface area contributed by atoms with E-state index in [1.807, 2.05) is 6.92 Å². The summed E-state index contributed by atoms with van der Waals surface area (Å²) in [5.41, 5.74) is -0.131. The Morgan fingerprint density at radius 1 is 1.61 bits per heavy atom. The molecular weight excluding hydrogens is 276 g/mol. The molecule has 1 aromatic heterocycles. The van der Waals surface area contributed by atoms with Crippen LogP contribution in [-0.2, 0) is 10.8 Å². The fourth-order valence-electron chi connectivity index (χ4n) is 1.11. The number of carbonyl (C=O) groups excluding carboxylic acids is 1. The van der Waals surface area contributed by atoms with E-state index in [1.165, 1.54) is 5.38 Å². The molecule has 2 atom stereocenters. The van der Waals surface area contributed by atoms with Gasteiger partial charge in [0.25, 0.3) is 5.91 Å². The highest BCUT2D eigenvalue weighted by Crippen LogP contribution is 2.09.